The minimum Gasteiger partial charge on any atom is -0.349 e. The van der Waals surface area contributed by atoms with Gasteiger partial charge in [0.25, 0.3) is 0 Å². The molecule has 1 atom stereocenters. The summed E-state index contributed by atoms with van der Waals surface area (Å²) >= 11 is 1.40. The molecule has 3 rings (SSSR count). The van der Waals surface area contributed by atoms with Crippen molar-refractivity contribution in [2.45, 2.75) is 31.5 Å². The molecule has 0 unspecified atom stereocenters. The van der Waals surface area contributed by atoms with Gasteiger partial charge < -0.3 is 9.88 Å². The molecule has 0 bridgehead atoms. The van der Waals surface area contributed by atoms with E-state index < -0.39 is 0 Å². The number of nitrogens with one attached hydrogen (secondary N) is 1. The second-order valence-electron chi connectivity index (χ2n) is 7.18. The average Bonchev–Trinajstić information content (AvgIpc) is 3.07. The van der Waals surface area contributed by atoms with Crippen molar-refractivity contribution < 1.29 is 4.79 Å². The van der Waals surface area contributed by atoms with Crippen molar-refractivity contribution in [1.29, 1.82) is 0 Å². The maximum atomic E-state index is 12.6. The molecule has 5 nitrogen and oxygen atoms in total. The predicted molar refractivity (Wildman–Crippen MR) is 114 cm³/mol. The van der Waals surface area contributed by atoms with Crippen molar-refractivity contribution in [2.24, 2.45) is 13.0 Å². The molecule has 0 saturated heterocycles. The number of nitrogens with zero attached hydrogens (tertiary/aromatic N) is 3. The van der Waals surface area contributed by atoms with Gasteiger partial charge in [0.1, 0.15) is 0 Å². The summed E-state index contributed by atoms with van der Waals surface area (Å²) in [6.07, 6.45) is 0.905. The number of benzene rings is 2. The van der Waals surface area contributed by atoms with Gasteiger partial charge in [-0.15, -0.1) is 10.2 Å². The number of hydrogen-bond donors (Lipinski definition) is 1. The van der Waals surface area contributed by atoms with E-state index in [1.807, 2.05) is 60.1 Å². The van der Waals surface area contributed by atoms with Gasteiger partial charge in [-0.05, 0) is 17.9 Å². The lowest BCUT2D eigenvalue weighted by Gasteiger charge is -2.21. The molecule has 2 aromatic carbocycles. The van der Waals surface area contributed by atoms with E-state index in [9.17, 15) is 4.79 Å². The van der Waals surface area contributed by atoms with E-state index in [1.54, 1.807) is 0 Å². The highest BCUT2D eigenvalue weighted by Gasteiger charge is 2.17. The van der Waals surface area contributed by atoms with Crippen LogP contribution >= 0.6 is 11.8 Å². The molecule has 1 N–H and O–H groups in total. The van der Waals surface area contributed by atoms with E-state index in [-0.39, 0.29) is 11.9 Å². The Morgan fingerprint density at radius 1 is 1.04 bits per heavy atom. The molecule has 3 aromatic rings. The van der Waals surface area contributed by atoms with Crippen LogP contribution in [0.1, 0.15) is 31.9 Å². The summed E-state index contributed by atoms with van der Waals surface area (Å²) in [6.45, 7) is 4.34. The largest absolute Gasteiger partial charge is 0.349 e. The summed E-state index contributed by atoms with van der Waals surface area (Å²) < 4.78 is 1.93. The van der Waals surface area contributed by atoms with Crippen LogP contribution in [0, 0.1) is 5.92 Å². The zero-order valence-corrected chi connectivity index (χ0v) is 17.3. The first-order valence-corrected chi connectivity index (χ1v) is 10.4. The summed E-state index contributed by atoms with van der Waals surface area (Å²) in [6, 6.07) is 20.1. The molecule has 0 saturated carbocycles. The number of carbonyl (C=O) groups is 1. The lowest BCUT2D eigenvalue weighted by molar-refractivity contribution is -0.119. The van der Waals surface area contributed by atoms with Gasteiger partial charge in [-0.25, -0.2) is 0 Å². The van der Waals surface area contributed by atoms with Crippen LogP contribution < -0.4 is 5.32 Å². The fourth-order valence-electron chi connectivity index (χ4n) is 3.08. The molecule has 0 aliphatic rings. The lowest BCUT2D eigenvalue weighted by atomic mass is 9.97. The first-order chi connectivity index (χ1) is 13.5. The van der Waals surface area contributed by atoms with Crippen molar-refractivity contribution in [2.75, 3.05) is 5.75 Å². The Morgan fingerprint density at radius 2 is 1.68 bits per heavy atom. The third-order valence-corrected chi connectivity index (χ3v) is 5.46. The van der Waals surface area contributed by atoms with Crippen LogP contribution in [-0.4, -0.2) is 26.4 Å². The normalized spacial score (nSPS) is 12.1. The Morgan fingerprint density at radius 3 is 2.32 bits per heavy atom. The van der Waals surface area contributed by atoms with E-state index in [1.165, 1.54) is 11.8 Å². The highest BCUT2D eigenvalue weighted by Crippen LogP contribution is 2.24. The highest BCUT2D eigenvalue weighted by molar-refractivity contribution is 7.99. The van der Waals surface area contributed by atoms with Crippen LogP contribution in [0.4, 0.5) is 0 Å². The number of rotatable bonds is 8. The summed E-state index contributed by atoms with van der Waals surface area (Å²) in [5, 5.41) is 12.4. The standard InChI is InChI=1S/C22H26N4OS/c1-16(2)14-19(17-10-6-4-7-11-17)23-20(27)15-28-22-25-24-21(26(22)3)18-12-8-5-9-13-18/h4-13,16,19H,14-15H2,1-3H3,(H,23,27)/t19-/m0/s1. The molecule has 146 valence electrons. The second kappa shape index (κ2) is 9.55. The molecule has 1 amide bonds. The molecular formula is C22H26N4OS. The van der Waals surface area contributed by atoms with Crippen molar-refractivity contribution in [1.82, 2.24) is 20.1 Å². The zero-order chi connectivity index (χ0) is 19.9. The highest BCUT2D eigenvalue weighted by atomic mass is 32.2. The van der Waals surface area contributed by atoms with E-state index in [4.69, 9.17) is 0 Å². The topological polar surface area (TPSA) is 59.8 Å². The van der Waals surface area contributed by atoms with Gasteiger partial charge in [0, 0.05) is 12.6 Å². The fraction of sp³-hybridized carbons (Fsp3) is 0.318. The molecule has 0 radical (unpaired) electrons. The monoisotopic (exact) mass is 394 g/mol. The third kappa shape index (κ3) is 5.23. The second-order valence-corrected chi connectivity index (χ2v) is 8.12. The van der Waals surface area contributed by atoms with Crippen molar-refractivity contribution in [3.63, 3.8) is 0 Å². The third-order valence-electron chi connectivity index (χ3n) is 4.44. The first-order valence-electron chi connectivity index (χ1n) is 9.46. The Kier molecular flexibility index (Phi) is 6.87. The van der Waals surface area contributed by atoms with Crippen LogP contribution in [0.2, 0.25) is 0 Å². The lowest BCUT2D eigenvalue weighted by Crippen LogP contribution is -2.31. The van der Waals surface area contributed by atoms with E-state index in [0.29, 0.717) is 11.7 Å². The Hall–Kier alpha value is -2.60. The van der Waals surface area contributed by atoms with Crippen molar-refractivity contribution in [3.05, 3.63) is 66.2 Å². The smallest absolute Gasteiger partial charge is 0.230 e. The quantitative estimate of drug-likeness (QED) is 0.572. The Bertz CT molecular complexity index is 893. The van der Waals surface area contributed by atoms with Crippen LogP contribution in [-0.2, 0) is 11.8 Å². The number of hydrogen-bond acceptors (Lipinski definition) is 4. The van der Waals surface area contributed by atoms with Crippen LogP contribution in [0.5, 0.6) is 0 Å². The molecule has 0 fully saturated rings. The number of amides is 1. The molecule has 6 heteroatoms. The molecule has 1 aromatic heterocycles. The minimum absolute atomic E-state index is 0.00349. The Balaban J connectivity index is 1.63. The molecule has 0 aliphatic heterocycles. The molecular weight excluding hydrogens is 368 g/mol. The number of carbonyl (C=O) groups excluding carboxylic acids is 1. The minimum atomic E-state index is 0.00349. The summed E-state index contributed by atoms with van der Waals surface area (Å²) in [5.41, 5.74) is 2.15. The zero-order valence-electron chi connectivity index (χ0n) is 16.5. The van der Waals surface area contributed by atoms with Gasteiger partial charge in [0.05, 0.1) is 11.8 Å². The average molecular weight is 395 g/mol. The summed E-state index contributed by atoms with van der Waals surface area (Å²) in [4.78, 5) is 12.6. The molecule has 0 aliphatic carbocycles. The fourth-order valence-corrected chi connectivity index (χ4v) is 3.80. The van der Waals surface area contributed by atoms with E-state index in [2.05, 4.69) is 41.5 Å². The van der Waals surface area contributed by atoms with Crippen LogP contribution in [0.3, 0.4) is 0 Å². The summed E-state index contributed by atoms with van der Waals surface area (Å²) in [7, 11) is 1.92. The van der Waals surface area contributed by atoms with Gasteiger partial charge in [-0.1, -0.05) is 86.3 Å². The number of aromatic nitrogens is 3. The Labute approximate surface area is 170 Å². The van der Waals surface area contributed by atoms with Crippen LogP contribution in [0.25, 0.3) is 11.4 Å². The van der Waals surface area contributed by atoms with E-state index in [0.717, 1.165) is 28.5 Å². The van der Waals surface area contributed by atoms with Gasteiger partial charge in [-0.2, -0.15) is 0 Å². The first kappa shape index (κ1) is 20.1. The SMILES string of the molecule is CC(C)C[C@H](NC(=O)CSc1nnc(-c2ccccc2)n1C)c1ccccc1. The van der Waals surface area contributed by atoms with Gasteiger partial charge in [-0.3, -0.25) is 4.79 Å². The molecule has 28 heavy (non-hydrogen) atoms. The number of thioether (sulfide) groups is 1. The molecule has 1 heterocycles. The van der Waals surface area contributed by atoms with Crippen molar-refractivity contribution in [3.8, 4) is 11.4 Å². The van der Waals surface area contributed by atoms with Gasteiger partial charge >= 0.3 is 0 Å². The maximum absolute atomic E-state index is 12.6. The predicted octanol–water partition coefficient (Wildman–Crippen LogP) is 4.48. The maximum Gasteiger partial charge on any atom is 0.230 e. The van der Waals surface area contributed by atoms with Crippen molar-refractivity contribution >= 4 is 17.7 Å². The van der Waals surface area contributed by atoms with E-state index >= 15 is 0 Å². The van der Waals surface area contributed by atoms with Gasteiger partial charge in [0.15, 0.2) is 11.0 Å². The molecule has 0 spiro atoms. The van der Waals surface area contributed by atoms with Crippen LogP contribution in [0.15, 0.2) is 65.8 Å². The van der Waals surface area contributed by atoms with Gasteiger partial charge in [0.2, 0.25) is 5.91 Å². The summed E-state index contributed by atoms with van der Waals surface area (Å²) in [5.74, 6) is 1.60.